The first kappa shape index (κ1) is 21.6. The lowest BCUT2D eigenvalue weighted by Crippen LogP contribution is -2.23. The third kappa shape index (κ3) is 5.41. The van der Waals surface area contributed by atoms with Gasteiger partial charge in [0.25, 0.3) is 5.91 Å². The molecule has 0 aliphatic rings. The summed E-state index contributed by atoms with van der Waals surface area (Å²) in [7, 11) is 3.30. The number of hydrogen-bond donors (Lipinski definition) is 1. The van der Waals surface area contributed by atoms with E-state index in [1.165, 1.54) is 12.1 Å². The van der Waals surface area contributed by atoms with Gasteiger partial charge in [0.05, 0.1) is 11.3 Å². The number of nitrogens with zero attached hydrogens (tertiary/aromatic N) is 1. The fourth-order valence-electron chi connectivity index (χ4n) is 2.73. The van der Waals surface area contributed by atoms with Gasteiger partial charge in [-0.3, -0.25) is 4.79 Å². The van der Waals surface area contributed by atoms with Gasteiger partial charge in [0.2, 0.25) is 0 Å². The van der Waals surface area contributed by atoms with Gasteiger partial charge in [-0.1, -0.05) is 26.0 Å². The van der Waals surface area contributed by atoms with Crippen molar-refractivity contribution in [1.82, 2.24) is 0 Å². The minimum absolute atomic E-state index is 0.189. The van der Waals surface area contributed by atoms with E-state index in [2.05, 4.69) is 5.32 Å². The van der Waals surface area contributed by atoms with Crippen molar-refractivity contribution in [2.75, 3.05) is 30.9 Å². The van der Waals surface area contributed by atoms with Crippen LogP contribution in [0.3, 0.4) is 0 Å². The summed E-state index contributed by atoms with van der Waals surface area (Å²) in [5, 5.41) is 2.31. The average molecular weight is 394 g/mol. The van der Waals surface area contributed by atoms with E-state index in [1.54, 1.807) is 19.0 Å². The van der Waals surface area contributed by atoms with E-state index in [4.69, 9.17) is 4.74 Å². The van der Waals surface area contributed by atoms with E-state index in [0.29, 0.717) is 11.4 Å². The lowest BCUT2D eigenvalue weighted by atomic mass is 10.0. The van der Waals surface area contributed by atoms with Crippen LogP contribution in [0.4, 0.5) is 24.5 Å². The number of ether oxygens (including phenoxy) is 1. The second-order valence-electron chi connectivity index (χ2n) is 7.15. The lowest BCUT2D eigenvalue weighted by Gasteiger charge is -2.19. The van der Waals surface area contributed by atoms with Crippen molar-refractivity contribution >= 4 is 17.3 Å². The number of carbonyl (C=O) groups is 1. The molecule has 2 aromatic carbocycles. The van der Waals surface area contributed by atoms with Gasteiger partial charge in [0.15, 0.2) is 6.61 Å². The highest BCUT2D eigenvalue weighted by molar-refractivity contribution is 5.93. The Hall–Kier alpha value is -2.70. The Morgan fingerprint density at radius 3 is 2.39 bits per heavy atom. The number of aryl methyl sites for hydroxylation is 1. The van der Waals surface area contributed by atoms with Crippen molar-refractivity contribution in [3.8, 4) is 5.75 Å². The fourth-order valence-corrected chi connectivity index (χ4v) is 2.73. The minimum atomic E-state index is -4.59. The summed E-state index contributed by atoms with van der Waals surface area (Å²) >= 11 is 0. The van der Waals surface area contributed by atoms with Crippen LogP contribution in [0.15, 0.2) is 36.4 Å². The van der Waals surface area contributed by atoms with Gasteiger partial charge in [0, 0.05) is 19.8 Å². The Balaban J connectivity index is 2.17. The lowest BCUT2D eigenvalue weighted by molar-refractivity contribution is -0.137. The third-order valence-electron chi connectivity index (χ3n) is 4.25. The molecule has 28 heavy (non-hydrogen) atoms. The van der Waals surface area contributed by atoms with Gasteiger partial charge in [-0.2, -0.15) is 13.2 Å². The van der Waals surface area contributed by atoms with E-state index < -0.39 is 17.6 Å². The first-order valence-electron chi connectivity index (χ1n) is 8.90. The first-order chi connectivity index (χ1) is 13.0. The minimum Gasteiger partial charge on any atom is -0.483 e. The maximum absolute atomic E-state index is 13.4. The summed E-state index contributed by atoms with van der Waals surface area (Å²) in [6.07, 6.45) is -4.59. The molecular formula is C21H25F3N2O2. The van der Waals surface area contributed by atoms with Crippen LogP contribution in [0.25, 0.3) is 0 Å². The second kappa shape index (κ2) is 8.54. The Morgan fingerprint density at radius 2 is 1.82 bits per heavy atom. The molecule has 0 saturated carbocycles. The molecule has 0 aliphatic heterocycles. The number of amides is 1. The van der Waals surface area contributed by atoms with Crippen molar-refractivity contribution in [3.05, 3.63) is 53.1 Å². The van der Waals surface area contributed by atoms with Gasteiger partial charge in [-0.15, -0.1) is 0 Å². The van der Waals surface area contributed by atoms with Crippen molar-refractivity contribution in [2.24, 2.45) is 0 Å². The highest BCUT2D eigenvalue weighted by Crippen LogP contribution is 2.37. The zero-order chi connectivity index (χ0) is 21.1. The zero-order valence-electron chi connectivity index (χ0n) is 16.6. The number of alkyl halides is 3. The molecule has 0 aromatic heterocycles. The smallest absolute Gasteiger partial charge is 0.418 e. The van der Waals surface area contributed by atoms with Crippen LogP contribution in [0.2, 0.25) is 0 Å². The molecule has 0 saturated heterocycles. The predicted octanol–water partition coefficient (Wildman–Crippen LogP) is 5.22. The number of anilines is 2. The molecule has 0 aliphatic carbocycles. The predicted molar refractivity (Wildman–Crippen MR) is 105 cm³/mol. The summed E-state index contributed by atoms with van der Waals surface area (Å²) in [4.78, 5) is 13.8. The van der Waals surface area contributed by atoms with E-state index in [9.17, 15) is 18.0 Å². The summed E-state index contributed by atoms with van der Waals surface area (Å²) in [6.45, 7) is 5.52. The van der Waals surface area contributed by atoms with Crippen molar-refractivity contribution in [3.63, 3.8) is 0 Å². The summed E-state index contributed by atoms with van der Waals surface area (Å²) in [5.74, 6) is 0.0949. The van der Waals surface area contributed by atoms with Gasteiger partial charge in [-0.05, 0) is 48.2 Å². The zero-order valence-corrected chi connectivity index (χ0v) is 16.6. The van der Waals surface area contributed by atoms with Crippen molar-refractivity contribution in [1.29, 1.82) is 0 Å². The molecule has 0 heterocycles. The molecule has 1 amide bonds. The molecule has 4 nitrogen and oxygen atoms in total. The molecule has 0 unspecified atom stereocenters. The molecule has 0 atom stereocenters. The maximum Gasteiger partial charge on any atom is 0.418 e. The number of benzene rings is 2. The molecule has 152 valence electrons. The summed E-state index contributed by atoms with van der Waals surface area (Å²) < 4.78 is 45.7. The van der Waals surface area contributed by atoms with E-state index >= 15 is 0 Å². The maximum atomic E-state index is 13.4. The molecule has 2 rings (SSSR count). The van der Waals surface area contributed by atoms with Crippen LogP contribution in [0, 0.1) is 6.92 Å². The normalized spacial score (nSPS) is 11.5. The number of carbonyl (C=O) groups excluding carboxylic acids is 1. The summed E-state index contributed by atoms with van der Waals surface area (Å²) in [5.41, 5.74) is 1.11. The first-order valence-corrected chi connectivity index (χ1v) is 8.90. The SMILES string of the molecule is Cc1ccc(C(C)C)c(OCC(=O)Nc2ccc(N(C)C)cc2C(F)(F)F)c1. The van der Waals surface area contributed by atoms with Crippen LogP contribution < -0.4 is 15.0 Å². The van der Waals surface area contributed by atoms with Gasteiger partial charge in [0.1, 0.15) is 5.75 Å². The van der Waals surface area contributed by atoms with E-state index in [0.717, 1.165) is 17.2 Å². The molecule has 0 radical (unpaired) electrons. The highest BCUT2D eigenvalue weighted by Gasteiger charge is 2.34. The molecular weight excluding hydrogens is 369 g/mol. The molecule has 0 spiro atoms. The molecule has 0 fully saturated rings. The third-order valence-corrected chi connectivity index (χ3v) is 4.25. The monoisotopic (exact) mass is 394 g/mol. The van der Waals surface area contributed by atoms with Crippen LogP contribution in [-0.2, 0) is 11.0 Å². The topological polar surface area (TPSA) is 41.6 Å². The van der Waals surface area contributed by atoms with Crippen LogP contribution in [0.5, 0.6) is 5.75 Å². The Bertz CT molecular complexity index is 846. The Labute approximate surface area is 163 Å². The number of nitrogens with one attached hydrogen (secondary N) is 1. The van der Waals surface area contributed by atoms with Crippen LogP contribution >= 0.6 is 0 Å². The van der Waals surface area contributed by atoms with Gasteiger partial charge in [-0.25, -0.2) is 0 Å². The van der Waals surface area contributed by atoms with Crippen molar-refractivity contribution < 1.29 is 22.7 Å². The standard InChI is InChI=1S/C21H25F3N2O2/c1-13(2)16-8-6-14(3)10-19(16)28-12-20(27)25-18-9-7-15(26(4)5)11-17(18)21(22,23)24/h6-11,13H,12H2,1-5H3,(H,25,27). The highest BCUT2D eigenvalue weighted by atomic mass is 19.4. The van der Waals surface area contributed by atoms with Gasteiger partial charge >= 0.3 is 6.18 Å². The van der Waals surface area contributed by atoms with E-state index in [1.807, 2.05) is 39.0 Å². The molecule has 2 aromatic rings. The fraction of sp³-hybridized carbons (Fsp3) is 0.381. The van der Waals surface area contributed by atoms with Crippen LogP contribution in [0.1, 0.15) is 36.5 Å². The largest absolute Gasteiger partial charge is 0.483 e. The molecule has 7 heteroatoms. The quantitative estimate of drug-likeness (QED) is 0.730. The van der Waals surface area contributed by atoms with Gasteiger partial charge < -0.3 is 15.0 Å². The molecule has 0 bridgehead atoms. The average Bonchev–Trinajstić information content (AvgIpc) is 2.59. The number of rotatable bonds is 6. The molecule has 1 N–H and O–H groups in total. The summed E-state index contributed by atoms with van der Waals surface area (Å²) in [6, 6.07) is 9.47. The van der Waals surface area contributed by atoms with Crippen LogP contribution in [-0.4, -0.2) is 26.6 Å². The Morgan fingerprint density at radius 1 is 1.14 bits per heavy atom. The van der Waals surface area contributed by atoms with E-state index in [-0.39, 0.29) is 18.2 Å². The number of hydrogen-bond acceptors (Lipinski definition) is 3. The number of halogens is 3. The van der Waals surface area contributed by atoms with Crippen molar-refractivity contribution in [2.45, 2.75) is 32.9 Å². The second-order valence-corrected chi connectivity index (χ2v) is 7.15. The Kier molecular flexibility index (Phi) is 6.59.